The minimum atomic E-state index is -1.33. The molecule has 0 aromatic rings. The van der Waals surface area contributed by atoms with Gasteiger partial charge in [0.15, 0.2) is 5.41 Å². The molecule has 0 bridgehead atoms. The van der Waals surface area contributed by atoms with E-state index >= 15 is 0 Å². The first-order valence-electron chi connectivity index (χ1n) is 8.46. The van der Waals surface area contributed by atoms with Crippen LogP contribution in [0.15, 0.2) is 23.3 Å². The fourth-order valence-electron chi connectivity index (χ4n) is 3.22. The summed E-state index contributed by atoms with van der Waals surface area (Å²) in [6.45, 7) is 1.61. The fourth-order valence-corrected chi connectivity index (χ4v) is 3.22. The van der Waals surface area contributed by atoms with Gasteiger partial charge in [0.2, 0.25) is 0 Å². The van der Waals surface area contributed by atoms with Crippen molar-refractivity contribution in [3.8, 4) is 0 Å². The average molecular weight is 334 g/mol. The number of Topliss-reactive ketones (excluding diaryl/α,β-unsaturated/α-hetero) is 1. The van der Waals surface area contributed by atoms with E-state index in [4.69, 9.17) is 9.47 Å². The summed E-state index contributed by atoms with van der Waals surface area (Å²) in [5.41, 5.74) is 1.06. The molecule has 0 saturated heterocycles. The van der Waals surface area contributed by atoms with Crippen LogP contribution in [-0.4, -0.2) is 31.9 Å². The zero-order valence-electron chi connectivity index (χ0n) is 14.7. The summed E-state index contributed by atoms with van der Waals surface area (Å²) in [4.78, 5) is 36.3. The summed E-state index contributed by atoms with van der Waals surface area (Å²) in [5, 5.41) is 0. The molecule has 2 aliphatic carbocycles. The van der Waals surface area contributed by atoms with Crippen LogP contribution in [0.3, 0.4) is 0 Å². The second kappa shape index (κ2) is 7.77. The molecule has 2 saturated carbocycles. The Hall–Kier alpha value is -1.91. The Labute approximate surface area is 143 Å². The number of hydrogen-bond donors (Lipinski definition) is 0. The van der Waals surface area contributed by atoms with Crippen molar-refractivity contribution in [2.75, 3.05) is 14.2 Å². The summed E-state index contributed by atoms with van der Waals surface area (Å²) >= 11 is 0. The average Bonchev–Trinajstić information content (AvgIpc) is 3.29. The van der Waals surface area contributed by atoms with Crippen LogP contribution in [0.4, 0.5) is 0 Å². The maximum absolute atomic E-state index is 12.4. The lowest BCUT2D eigenvalue weighted by atomic mass is 9.80. The van der Waals surface area contributed by atoms with Gasteiger partial charge in [-0.2, -0.15) is 0 Å². The number of ketones is 1. The Morgan fingerprint density at radius 1 is 1.00 bits per heavy atom. The molecule has 1 unspecified atom stereocenters. The molecular weight excluding hydrogens is 308 g/mol. The molecule has 0 amide bonds. The first-order chi connectivity index (χ1) is 11.4. The maximum Gasteiger partial charge on any atom is 0.323 e. The van der Waals surface area contributed by atoms with Crippen LogP contribution in [0.1, 0.15) is 51.9 Å². The van der Waals surface area contributed by atoms with Gasteiger partial charge >= 0.3 is 11.9 Å². The van der Waals surface area contributed by atoms with Crippen molar-refractivity contribution in [1.82, 2.24) is 0 Å². The summed E-state index contributed by atoms with van der Waals surface area (Å²) in [6, 6.07) is 0. The Kier molecular flexibility index (Phi) is 5.97. The standard InChI is InChI=1S/C19H26O5/c1-13(20)16-7-6-15(12-16)9-11-19(17(21)23-2,18(22)24-3)10-8-14-4-5-14/h8-9,16H,4-7,10-12H2,1-3H3/b15-9+. The third kappa shape index (κ3) is 4.13. The number of carbonyl (C=O) groups is 3. The van der Waals surface area contributed by atoms with E-state index in [-0.39, 0.29) is 18.1 Å². The van der Waals surface area contributed by atoms with Crippen LogP contribution in [0, 0.1) is 11.3 Å². The van der Waals surface area contributed by atoms with E-state index in [0.29, 0.717) is 6.42 Å². The molecule has 0 aromatic carbocycles. The molecule has 5 nitrogen and oxygen atoms in total. The normalized spacial score (nSPS) is 21.5. The van der Waals surface area contributed by atoms with Gasteiger partial charge in [-0.3, -0.25) is 14.4 Å². The van der Waals surface area contributed by atoms with Gasteiger partial charge in [0.1, 0.15) is 5.78 Å². The molecular formula is C19H26O5. The molecule has 0 radical (unpaired) electrons. The second-order valence-electron chi connectivity index (χ2n) is 6.75. The Morgan fingerprint density at radius 2 is 1.54 bits per heavy atom. The van der Waals surface area contributed by atoms with Gasteiger partial charge in [0.25, 0.3) is 0 Å². The molecule has 5 heteroatoms. The van der Waals surface area contributed by atoms with E-state index < -0.39 is 17.4 Å². The van der Waals surface area contributed by atoms with E-state index in [2.05, 4.69) is 0 Å². The number of ether oxygens (including phenoxy) is 2. The number of carbonyl (C=O) groups excluding carboxylic acids is 3. The Bertz CT molecular complexity index is 563. The third-order valence-electron chi connectivity index (χ3n) is 5.07. The van der Waals surface area contributed by atoms with Gasteiger partial charge in [-0.1, -0.05) is 23.3 Å². The molecule has 0 spiro atoms. The van der Waals surface area contributed by atoms with Crippen LogP contribution in [-0.2, 0) is 23.9 Å². The van der Waals surface area contributed by atoms with Crippen molar-refractivity contribution in [3.63, 3.8) is 0 Å². The van der Waals surface area contributed by atoms with Crippen LogP contribution >= 0.6 is 0 Å². The van der Waals surface area contributed by atoms with Crippen molar-refractivity contribution < 1.29 is 23.9 Å². The molecule has 2 fully saturated rings. The highest BCUT2D eigenvalue weighted by molar-refractivity contribution is 6.00. The van der Waals surface area contributed by atoms with Gasteiger partial charge in [-0.25, -0.2) is 0 Å². The second-order valence-corrected chi connectivity index (χ2v) is 6.75. The molecule has 0 aliphatic heterocycles. The highest BCUT2D eigenvalue weighted by Gasteiger charge is 2.47. The Balaban J connectivity index is 2.20. The minimum absolute atomic E-state index is 0.0653. The van der Waals surface area contributed by atoms with Crippen molar-refractivity contribution in [2.24, 2.45) is 11.3 Å². The molecule has 0 N–H and O–H groups in total. The zero-order valence-corrected chi connectivity index (χ0v) is 14.7. The largest absolute Gasteiger partial charge is 0.468 e. The zero-order chi connectivity index (χ0) is 17.7. The first-order valence-corrected chi connectivity index (χ1v) is 8.46. The van der Waals surface area contributed by atoms with Crippen molar-refractivity contribution in [2.45, 2.75) is 51.9 Å². The van der Waals surface area contributed by atoms with E-state index in [9.17, 15) is 14.4 Å². The van der Waals surface area contributed by atoms with Gasteiger partial charge in [-0.05, 0) is 51.9 Å². The van der Waals surface area contributed by atoms with Crippen molar-refractivity contribution >= 4 is 17.7 Å². The molecule has 0 heterocycles. The molecule has 0 aromatic heterocycles. The first kappa shape index (κ1) is 18.4. The maximum atomic E-state index is 12.4. The van der Waals surface area contributed by atoms with Gasteiger partial charge in [0.05, 0.1) is 14.2 Å². The molecule has 132 valence electrons. The number of allylic oxidation sites excluding steroid dienone is 4. The minimum Gasteiger partial charge on any atom is -0.468 e. The number of rotatable bonds is 7. The topological polar surface area (TPSA) is 69.7 Å². The summed E-state index contributed by atoms with van der Waals surface area (Å²) < 4.78 is 9.83. The van der Waals surface area contributed by atoms with Gasteiger partial charge < -0.3 is 9.47 Å². The highest BCUT2D eigenvalue weighted by Crippen LogP contribution is 2.38. The lowest BCUT2D eigenvalue weighted by Crippen LogP contribution is -2.40. The van der Waals surface area contributed by atoms with Crippen molar-refractivity contribution in [1.29, 1.82) is 0 Å². The number of methoxy groups -OCH3 is 2. The van der Waals surface area contributed by atoms with Crippen LogP contribution in [0.5, 0.6) is 0 Å². The fraction of sp³-hybridized carbons (Fsp3) is 0.632. The molecule has 2 aliphatic rings. The van der Waals surface area contributed by atoms with Crippen molar-refractivity contribution in [3.05, 3.63) is 23.3 Å². The summed E-state index contributed by atoms with van der Waals surface area (Å²) in [7, 11) is 2.58. The molecule has 24 heavy (non-hydrogen) atoms. The van der Waals surface area contributed by atoms with Crippen LogP contribution in [0.25, 0.3) is 0 Å². The summed E-state index contributed by atoms with van der Waals surface area (Å²) in [6.07, 6.45) is 8.88. The third-order valence-corrected chi connectivity index (χ3v) is 5.07. The van der Waals surface area contributed by atoms with Gasteiger partial charge in [0, 0.05) is 5.92 Å². The van der Waals surface area contributed by atoms with E-state index in [1.165, 1.54) is 19.8 Å². The van der Waals surface area contributed by atoms with E-state index in [1.807, 2.05) is 12.2 Å². The predicted molar refractivity (Wildman–Crippen MR) is 89.1 cm³/mol. The SMILES string of the molecule is COC(=O)C(CC=C1CC1)(C/C=C1\CCC(C(C)=O)C1)C(=O)OC. The van der Waals surface area contributed by atoms with E-state index in [1.54, 1.807) is 6.92 Å². The quantitative estimate of drug-likeness (QED) is 0.406. The van der Waals surface area contributed by atoms with Crippen LogP contribution < -0.4 is 0 Å². The summed E-state index contributed by atoms with van der Waals surface area (Å²) in [5.74, 6) is -0.866. The molecule has 1 atom stereocenters. The van der Waals surface area contributed by atoms with Gasteiger partial charge in [-0.15, -0.1) is 0 Å². The lowest BCUT2D eigenvalue weighted by Gasteiger charge is -2.26. The Morgan fingerprint density at radius 3 is 1.96 bits per heavy atom. The number of esters is 2. The van der Waals surface area contributed by atoms with E-state index in [0.717, 1.165) is 37.7 Å². The van der Waals surface area contributed by atoms with Crippen LogP contribution in [0.2, 0.25) is 0 Å². The highest BCUT2D eigenvalue weighted by atomic mass is 16.5. The smallest absolute Gasteiger partial charge is 0.323 e. The predicted octanol–water partition coefficient (Wildman–Crippen LogP) is 3.13. The molecule has 2 rings (SSSR count). The monoisotopic (exact) mass is 334 g/mol. The lowest BCUT2D eigenvalue weighted by molar-refractivity contribution is -0.168. The number of hydrogen-bond acceptors (Lipinski definition) is 5.